The summed E-state index contributed by atoms with van der Waals surface area (Å²) in [6.45, 7) is 7.88. The van der Waals surface area contributed by atoms with Gasteiger partial charge in [-0.1, -0.05) is 18.2 Å². The van der Waals surface area contributed by atoms with Crippen molar-refractivity contribution in [2.24, 2.45) is 0 Å². The van der Waals surface area contributed by atoms with Crippen molar-refractivity contribution >= 4 is 44.1 Å². The van der Waals surface area contributed by atoms with E-state index >= 15 is 0 Å². The molecule has 0 saturated carbocycles. The highest BCUT2D eigenvalue weighted by Gasteiger charge is 2.24. The fourth-order valence-corrected chi connectivity index (χ4v) is 5.64. The minimum Gasteiger partial charge on any atom is -0.369 e. The Bertz CT molecular complexity index is 1480. The SMILES string of the molecule is CC(C)S(=O)(=O)N(C)c1ccccc1Cn1ccc2cnc(Nc3ccc(N4CCNCC4)cc3)nc21. The van der Waals surface area contributed by atoms with Crippen molar-refractivity contribution in [2.75, 3.05) is 47.7 Å². The monoisotopic (exact) mass is 519 g/mol. The number of rotatable bonds is 8. The van der Waals surface area contributed by atoms with Crippen LogP contribution in [0.1, 0.15) is 19.4 Å². The maximum Gasteiger partial charge on any atom is 0.237 e. The molecule has 194 valence electrons. The van der Waals surface area contributed by atoms with E-state index < -0.39 is 15.3 Å². The van der Waals surface area contributed by atoms with Gasteiger partial charge in [-0.05, 0) is 55.8 Å². The molecule has 5 rings (SSSR count). The second-order valence-corrected chi connectivity index (χ2v) is 12.0. The van der Waals surface area contributed by atoms with E-state index in [1.54, 1.807) is 27.1 Å². The molecule has 10 heteroatoms. The van der Waals surface area contributed by atoms with Crippen LogP contribution in [-0.4, -0.2) is 61.4 Å². The topological polar surface area (TPSA) is 95.4 Å². The molecule has 1 aliphatic heterocycles. The molecule has 2 aromatic heterocycles. The van der Waals surface area contributed by atoms with Crippen molar-refractivity contribution in [1.82, 2.24) is 19.9 Å². The molecule has 1 fully saturated rings. The van der Waals surface area contributed by atoms with E-state index in [-0.39, 0.29) is 0 Å². The van der Waals surface area contributed by atoms with E-state index in [1.807, 2.05) is 53.2 Å². The molecule has 4 aromatic rings. The summed E-state index contributed by atoms with van der Waals surface area (Å²) in [6.07, 6.45) is 3.76. The van der Waals surface area contributed by atoms with Crippen molar-refractivity contribution in [3.8, 4) is 0 Å². The van der Waals surface area contributed by atoms with E-state index in [0.29, 0.717) is 18.2 Å². The van der Waals surface area contributed by atoms with Crippen molar-refractivity contribution < 1.29 is 8.42 Å². The number of anilines is 4. The van der Waals surface area contributed by atoms with E-state index in [2.05, 4.69) is 32.7 Å². The van der Waals surface area contributed by atoms with Gasteiger partial charge in [0, 0.05) is 62.4 Å². The smallest absolute Gasteiger partial charge is 0.237 e. The molecule has 0 spiro atoms. The summed E-state index contributed by atoms with van der Waals surface area (Å²) in [5.74, 6) is 0.509. The second kappa shape index (κ2) is 10.4. The first-order valence-corrected chi connectivity index (χ1v) is 14.0. The Morgan fingerprint density at radius 1 is 1.05 bits per heavy atom. The number of aromatic nitrogens is 3. The van der Waals surface area contributed by atoms with Gasteiger partial charge in [-0.3, -0.25) is 4.31 Å². The third-order valence-corrected chi connectivity index (χ3v) is 8.91. The molecule has 1 saturated heterocycles. The first kappa shape index (κ1) is 25.0. The molecular weight excluding hydrogens is 486 g/mol. The molecule has 0 aliphatic carbocycles. The second-order valence-electron chi connectivity index (χ2n) is 9.52. The van der Waals surface area contributed by atoms with E-state index in [9.17, 15) is 8.42 Å². The van der Waals surface area contributed by atoms with Gasteiger partial charge in [0.1, 0.15) is 5.65 Å². The van der Waals surface area contributed by atoms with E-state index in [0.717, 1.165) is 48.5 Å². The van der Waals surface area contributed by atoms with Crippen LogP contribution < -0.4 is 19.8 Å². The molecule has 37 heavy (non-hydrogen) atoms. The number of sulfonamides is 1. The molecule has 0 atom stereocenters. The molecule has 3 heterocycles. The highest BCUT2D eigenvalue weighted by molar-refractivity contribution is 7.93. The molecule has 0 bridgehead atoms. The summed E-state index contributed by atoms with van der Waals surface area (Å²) < 4.78 is 29.0. The average Bonchev–Trinajstić information content (AvgIpc) is 3.31. The molecule has 1 aliphatic rings. The number of hydrogen-bond donors (Lipinski definition) is 2. The summed E-state index contributed by atoms with van der Waals surface area (Å²) in [7, 11) is -1.83. The molecule has 2 N–H and O–H groups in total. The average molecular weight is 520 g/mol. The lowest BCUT2D eigenvalue weighted by molar-refractivity contribution is 0.585. The largest absolute Gasteiger partial charge is 0.369 e. The summed E-state index contributed by atoms with van der Waals surface area (Å²) in [4.78, 5) is 11.6. The van der Waals surface area contributed by atoms with Gasteiger partial charge in [0.2, 0.25) is 16.0 Å². The molecular formula is C27H33N7O2S. The van der Waals surface area contributed by atoms with Gasteiger partial charge in [0.15, 0.2) is 0 Å². The number of piperazine rings is 1. The van der Waals surface area contributed by atoms with Gasteiger partial charge < -0.3 is 20.1 Å². The number of hydrogen-bond acceptors (Lipinski definition) is 7. The minimum absolute atomic E-state index is 0.480. The van der Waals surface area contributed by atoms with Crippen molar-refractivity contribution in [3.05, 3.63) is 72.6 Å². The predicted molar refractivity (Wildman–Crippen MR) is 150 cm³/mol. The van der Waals surface area contributed by atoms with Crippen molar-refractivity contribution in [1.29, 1.82) is 0 Å². The Morgan fingerprint density at radius 3 is 2.51 bits per heavy atom. The molecule has 0 radical (unpaired) electrons. The van der Waals surface area contributed by atoms with Gasteiger partial charge >= 0.3 is 0 Å². The molecule has 0 unspecified atom stereocenters. The fourth-order valence-electron chi connectivity index (χ4n) is 4.55. The van der Waals surface area contributed by atoms with Crippen molar-refractivity contribution in [2.45, 2.75) is 25.6 Å². The fraction of sp³-hybridized carbons (Fsp3) is 0.333. The van der Waals surface area contributed by atoms with Gasteiger partial charge in [-0.2, -0.15) is 4.98 Å². The van der Waals surface area contributed by atoms with Crippen LogP contribution in [0, 0.1) is 0 Å². The number of nitrogens with one attached hydrogen (secondary N) is 2. The first-order valence-electron chi connectivity index (χ1n) is 12.5. The highest BCUT2D eigenvalue weighted by Crippen LogP contribution is 2.27. The minimum atomic E-state index is -3.44. The highest BCUT2D eigenvalue weighted by atomic mass is 32.2. The van der Waals surface area contributed by atoms with Crippen LogP contribution in [0.3, 0.4) is 0 Å². The number of para-hydroxylation sites is 1. The third-order valence-electron chi connectivity index (χ3n) is 6.76. The molecule has 0 amide bonds. The standard InChI is InChI=1S/C27H33N7O2S/c1-20(2)37(35,36)32(3)25-7-5-4-6-22(25)19-34-15-12-21-18-29-27(31-26(21)34)30-23-8-10-24(11-9-23)33-16-13-28-14-17-33/h4-12,15,18,20,28H,13-14,16-17,19H2,1-3H3,(H,29,30,31). The third kappa shape index (κ3) is 5.26. The van der Waals surface area contributed by atoms with Crippen LogP contribution in [0.5, 0.6) is 0 Å². The van der Waals surface area contributed by atoms with Crippen molar-refractivity contribution in [3.63, 3.8) is 0 Å². The summed E-state index contributed by atoms with van der Waals surface area (Å²) in [5, 5.41) is 7.10. The zero-order chi connectivity index (χ0) is 26.0. The Balaban J connectivity index is 1.37. The van der Waals surface area contributed by atoms with Crippen LogP contribution in [-0.2, 0) is 16.6 Å². The van der Waals surface area contributed by atoms with Crippen LogP contribution >= 0.6 is 0 Å². The quantitative estimate of drug-likeness (QED) is 0.366. The van der Waals surface area contributed by atoms with Crippen LogP contribution in [0.25, 0.3) is 11.0 Å². The van der Waals surface area contributed by atoms with Crippen LogP contribution in [0.2, 0.25) is 0 Å². The van der Waals surface area contributed by atoms with Crippen LogP contribution in [0.15, 0.2) is 67.0 Å². The van der Waals surface area contributed by atoms with Gasteiger partial charge in [-0.25, -0.2) is 13.4 Å². The zero-order valence-corrected chi connectivity index (χ0v) is 22.2. The van der Waals surface area contributed by atoms with E-state index in [1.165, 1.54) is 9.99 Å². The normalized spacial score (nSPS) is 14.3. The Morgan fingerprint density at radius 2 is 1.78 bits per heavy atom. The van der Waals surface area contributed by atoms with Gasteiger partial charge in [0.25, 0.3) is 0 Å². The number of fused-ring (bicyclic) bond motifs is 1. The van der Waals surface area contributed by atoms with E-state index in [4.69, 9.17) is 4.98 Å². The Hall–Kier alpha value is -3.63. The lowest BCUT2D eigenvalue weighted by Crippen LogP contribution is -2.43. The summed E-state index contributed by atoms with van der Waals surface area (Å²) in [5.41, 5.74) is 4.46. The first-order chi connectivity index (χ1) is 17.8. The zero-order valence-electron chi connectivity index (χ0n) is 21.4. The lowest BCUT2D eigenvalue weighted by Gasteiger charge is -2.29. The van der Waals surface area contributed by atoms with Gasteiger partial charge in [0.05, 0.1) is 17.5 Å². The number of benzene rings is 2. The Kier molecular flexibility index (Phi) is 7.03. The number of nitrogens with zero attached hydrogens (tertiary/aromatic N) is 5. The predicted octanol–water partition coefficient (Wildman–Crippen LogP) is 3.81. The summed E-state index contributed by atoms with van der Waals surface area (Å²) in [6, 6.07) is 17.9. The maximum absolute atomic E-state index is 12.8. The summed E-state index contributed by atoms with van der Waals surface area (Å²) >= 11 is 0. The molecule has 9 nitrogen and oxygen atoms in total. The lowest BCUT2D eigenvalue weighted by atomic mass is 10.2. The Labute approximate surface area is 218 Å². The van der Waals surface area contributed by atoms with Crippen LogP contribution in [0.4, 0.5) is 23.0 Å². The van der Waals surface area contributed by atoms with Gasteiger partial charge in [-0.15, -0.1) is 0 Å². The molecule has 2 aromatic carbocycles. The maximum atomic E-state index is 12.8.